The van der Waals surface area contributed by atoms with E-state index in [0.717, 1.165) is 30.1 Å². The van der Waals surface area contributed by atoms with Gasteiger partial charge in [-0.25, -0.2) is 0 Å². The molecule has 2 unspecified atom stereocenters. The van der Waals surface area contributed by atoms with Crippen LogP contribution in [0.15, 0.2) is 12.2 Å². The van der Waals surface area contributed by atoms with Crippen molar-refractivity contribution in [3.8, 4) is 0 Å². The maximum absolute atomic E-state index is 10.9. The van der Waals surface area contributed by atoms with E-state index in [1.165, 1.54) is 69.8 Å². The minimum Gasteiger partial charge on any atom is -0.393 e. The Morgan fingerprint density at radius 1 is 0.844 bits per heavy atom. The van der Waals surface area contributed by atoms with E-state index >= 15 is 0 Å². The van der Waals surface area contributed by atoms with Gasteiger partial charge in [0.25, 0.3) is 0 Å². The summed E-state index contributed by atoms with van der Waals surface area (Å²) in [7, 11) is 0. The Balaban J connectivity index is 1.39. The molecule has 0 aromatic rings. The van der Waals surface area contributed by atoms with E-state index in [9.17, 15) is 5.11 Å². The average Bonchev–Trinajstić information content (AvgIpc) is 3.31. The standard InChI is InChI=1S/C31H52O/c1-20(2)21(3)9-10-22(4)23-13-15-29(8)25-12-11-24-27(5,6)26(32)14-16-30(24)19-31(25,30)18-17-28(23,29)7/h20,22-26,32H,3,9-19H2,1-2,4-8H3/t22-,23-,24?,25?,26+,28-,29+,30-,31+/m1/s1. The first kappa shape index (κ1) is 23.4. The molecule has 0 amide bonds. The predicted octanol–water partition coefficient (Wildman–Crippen LogP) is 8.41. The number of rotatable bonds is 5. The normalized spacial score (nSPS) is 51.9. The number of hydrogen-bond donors (Lipinski definition) is 1. The summed E-state index contributed by atoms with van der Waals surface area (Å²) in [6.45, 7) is 21.8. The van der Waals surface area contributed by atoms with Gasteiger partial charge in [-0.2, -0.15) is 0 Å². The Morgan fingerprint density at radius 2 is 1.50 bits per heavy atom. The van der Waals surface area contributed by atoms with Gasteiger partial charge in [0.15, 0.2) is 0 Å². The number of aliphatic hydroxyl groups is 1. The fourth-order valence-electron chi connectivity index (χ4n) is 11.2. The van der Waals surface area contributed by atoms with Crippen LogP contribution in [-0.4, -0.2) is 11.2 Å². The molecule has 1 heteroatoms. The molecular formula is C31H52O. The first-order valence-electron chi connectivity index (χ1n) is 14.2. The van der Waals surface area contributed by atoms with Gasteiger partial charge in [0.2, 0.25) is 0 Å². The van der Waals surface area contributed by atoms with Gasteiger partial charge in [-0.05, 0) is 127 Å². The van der Waals surface area contributed by atoms with Crippen LogP contribution < -0.4 is 0 Å². The van der Waals surface area contributed by atoms with E-state index in [-0.39, 0.29) is 11.5 Å². The molecule has 5 aliphatic carbocycles. The Morgan fingerprint density at radius 3 is 2.19 bits per heavy atom. The van der Waals surface area contributed by atoms with Gasteiger partial charge in [0, 0.05) is 0 Å². The zero-order valence-electron chi connectivity index (χ0n) is 22.4. The Bertz CT molecular complexity index is 779. The van der Waals surface area contributed by atoms with Gasteiger partial charge in [0.05, 0.1) is 6.10 Å². The molecule has 182 valence electrons. The van der Waals surface area contributed by atoms with Gasteiger partial charge >= 0.3 is 0 Å². The van der Waals surface area contributed by atoms with Crippen LogP contribution in [0.3, 0.4) is 0 Å². The molecule has 0 aromatic carbocycles. The first-order valence-corrected chi connectivity index (χ1v) is 14.2. The second kappa shape index (κ2) is 7.11. The summed E-state index contributed by atoms with van der Waals surface area (Å²) in [6.07, 6.45) is 15.0. The van der Waals surface area contributed by atoms with Crippen molar-refractivity contribution in [2.75, 3.05) is 0 Å². The minimum absolute atomic E-state index is 0.0888. The Hall–Kier alpha value is -0.300. The molecule has 1 N–H and O–H groups in total. The van der Waals surface area contributed by atoms with Crippen LogP contribution in [-0.2, 0) is 0 Å². The van der Waals surface area contributed by atoms with Gasteiger partial charge < -0.3 is 5.11 Å². The van der Waals surface area contributed by atoms with E-state index < -0.39 is 0 Å². The van der Waals surface area contributed by atoms with Crippen LogP contribution in [0.2, 0.25) is 0 Å². The molecule has 0 aromatic heterocycles. The zero-order chi connectivity index (χ0) is 23.3. The van der Waals surface area contributed by atoms with Crippen molar-refractivity contribution in [3.05, 3.63) is 12.2 Å². The third-order valence-electron chi connectivity index (χ3n) is 13.6. The van der Waals surface area contributed by atoms with Crippen molar-refractivity contribution < 1.29 is 5.11 Å². The molecule has 0 saturated heterocycles. The summed E-state index contributed by atoms with van der Waals surface area (Å²) >= 11 is 0. The molecule has 0 bridgehead atoms. The van der Waals surface area contributed by atoms with Crippen LogP contribution in [0.4, 0.5) is 0 Å². The van der Waals surface area contributed by atoms with E-state index in [1.54, 1.807) is 0 Å². The molecule has 5 fully saturated rings. The van der Waals surface area contributed by atoms with Crippen molar-refractivity contribution in [2.45, 2.75) is 125 Å². The molecule has 32 heavy (non-hydrogen) atoms. The highest BCUT2D eigenvalue weighted by Gasteiger charge is 2.82. The highest BCUT2D eigenvalue weighted by atomic mass is 16.3. The summed E-state index contributed by atoms with van der Waals surface area (Å²) in [5.74, 6) is 4.02. The van der Waals surface area contributed by atoms with E-state index in [4.69, 9.17) is 0 Å². The zero-order valence-corrected chi connectivity index (χ0v) is 22.4. The number of allylic oxidation sites excluding steroid dienone is 1. The number of fused-ring (bicyclic) bond motifs is 2. The van der Waals surface area contributed by atoms with Crippen molar-refractivity contribution in [1.82, 2.24) is 0 Å². The quantitative estimate of drug-likeness (QED) is 0.425. The van der Waals surface area contributed by atoms with Crippen LogP contribution >= 0.6 is 0 Å². The molecule has 2 spiro atoms. The monoisotopic (exact) mass is 440 g/mol. The van der Waals surface area contributed by atoms with Gasteiger partial charge in [-0.15, -0.1) is 0 Å². The smallest absolute Gasteiger partial charge is 0.0594 e. The van der Waals surface area contributed by atoms with Gasteiger partial charge in [-0.3, -0.25) is 0 Å². The summed E-state index contributed by atoms with van der Waals surface area (Å²) in [5.41, 5.74) is 3.79. The van der Waals surface area contributed by atoms with Crippen LogP contribution in [0.25, 0.3) is 0 Å². The lowest BCUT2D eigenvalue weighted by Crippen LogP contribution is -2.57. The summed E-state index contributed by atoms with van der Waals surface area (Å²) in [5, 5.41) is 10.9. The average molecular weight is 441 g/mol. The van der Waals surface area contributed by atoms with Gasteiger partial charge in [-0.1, -0.05) is 60.6 Å². The molecule has 5 aliphatic rings. The third-order valence-corrected chi connectivity index (χ3v) is 13.6. The number of hydrogen-bond acceptors (Lipinski definition) is 1. The van der Waals surface area contributed by atoms with E-state index in [0.29, 0.717) is 27.6 Å². The lowest BCUT2D eigenvalue weighted by molar-refractivity contribution is -0.161. The molecule has 9 atom stereocenters. The third kappa shape index (κ3) is 2.73. The van der Waals surface area contributed by atoms with Crippen molar-refractivity contribution in [2.24, 2.45) is 56.7 Å². The Kier molecular flexibility index (Phi) is 5.21. The molecule has 5 rings (SSSR count). The van der Waals surface area contributed by atoms with Crippen LogP contribution in [0.1, 0.15) is 119 Å². The topological polar surface area (TPSA) is 20.2 Å². The lowest BCUT2D eigenvalue weighted by Gasteiger charge is -2.63. The van der Waals surface area contributed by atoms with Crippen molar-refractivity contribution in [3.63, 3.8) is 0 Å². The van der Waals surface area contributed by atoms with Gasteiger partial charge in [0.1, 0.15) is 0 Å². The van der Waals surface area contributed by atoms with Crippen molar-refractivity contribution in [1.29, 1.82) is 0 Å². The Labute approximate surface area is 199 Å². The summed E-state index contributed by atoms with van der Waals surface area (Å²) in [6, 6.07) is 0. The maximum atomic E-state index is 10.9. The fourth-order valence-corrected chi connectivity index (χ4v) is 11.2. The summed E-state index contributed by atoms with van der Waals surface area (Å²) < 4.78 is 0. The highest BCUT2D eigenvalue weighted by Crippen LogP contribution is 2.89. The van der Waals surface area contributed by atoms with Crippen LogP contribution in [0.5, 0.6) is 0 Å². The summed E-state index contributed by atoms with van der Waals surface area (Å²) in [4.78, 5) is 0. The first-order chi connectivity index (χ1) is 14.9. The molecule has 0 radical (unpaired) electrons. The molecule has 0 aliphatic heterocycles. The van der Waals surface area contributed by atoms with E-state index in [1.807, 2.05) is 0 Å². The van der Waals surface area contributed by atoms with Crippen molar-refractivity contribution >= 4 is 0 Å². The maximum Gasteiger partial charge on any atom is 0.0594 e. The lowest BCUT2D eigenvalue weighted by atomic mass is 9.41. The minimum atomic E-state index is -0.0888. The van der Waals surface area contributed by atoms with Crippen LogP contribution in [0, 0.1) is 56.7 Å². The molecule has 5 saturated carbocycles. The second-order valence-electron chi connectivity index (χ2n) is 14.9. The highest BCUT2D eigenvalue weighted by molar-refractivity contribution is 5.30. The largest absolute Gasteiger partial charge is 0.393 e. The molecule has 1 nitrogen and oxygen atoms in total. The fraction of sp³-hybridized carbons (Fsp3) is 0.935. The molecular weight excluding hydrogens is 388 g/mol. The predicted molar refractivity (Wildman–Crippen MR) is 135 cm³/mol. The molecule has 0 heterocycles. The second-order valence-corrected chi connectivity index (χ2v) is 14.9. The SMILES string of the molecule is C=C(CC[C@@H](C)[C@H]1CC[C@@]2(C)C3CCC4C(C)(C)[C@@H](O)CC[C@@]45C[C@@]35CC[C@]12C)C(C)C. The number of aliphatic hydroxyl groups excluding tert-OH is 1. The van der Waals surface area contributed by atoms with E-state index in [2.05, 4.69) is 55.0 Å².